The average Bonchev–Trinajstić information content (AvgIpc) is 3.38. The molecule has 0 saturated carbocycles. The summed E-state index contributed by atoms with van der Waals surface area (Å²) >= 11 is 6.11. The minimum Gasteiger partial charge on any atom is -0.472 e. The maximum atomic E-state index is 14.8. The van der Waals surface area contributed by atoms with Crippen molar-refractivity contribution in [3.63, 3.8) is 0 Å². The van der Waals surface area contributed by atoms with Gasteiger partial charge in [-0.05, 0) is 29.8 Å². The van der Waals surface area contributed by atoms with Crippen LogP contribution < -0.4 is 4.74 Å². The molecule has 0 unspecified atom stereocenters. The van der Waals surface area contributed by atoms with E-state index in [9.17, 15) is 17.6 Å². The molecule has 0 aliphatic carbocycles. The third-order valence-corrected chi connectivity index (χ3v) is 7.31. The Morgan fingerprint density at radius 1 is 1.14 bits per heavy atom. The third-order valence-electron chi connectivity index (χ3n) is 5.44. The highest BCUT2D eigenvalue weighted by atomic mass is 35.5. The molecule has 0 saturated heterocycles. The molecule has 4 aromatic rings. The molecule has 0 radical (unpaired) electrons. The summed E-state index contributed by atoms with van der Waals surface area (Å²) in [6, 6.07) is 3.93. The lowest BCUT2D eigenvalue weighted by Crippen LogP contribution is -2.22. The number of ether oxygens (including phenoxy) is 2. The maximum absolute atomic E-state index is 14.8. The maximum Gasteiger partial charge on any atom is 0.434 e. The molecule has 37 heavy (non-hydrogen) atoms. The predicted molar refractivity (Wildman–Crippen MR) is 132 cm³/mol. The monoisotopic (exact) mass is 556 g/mol. The van der Waals surface area contributed by atoms with Crippen molar-refractivity contribution in [3.8, 4) is 17.4 Å². The van der Waals surface area contributed by atoms with E-state index >= 15 is 0 Å². The average molecular weight is 557 g/mol. The van der Waals surface area contributed by atoms with Gasteiger partial charge >= 0.3 is 6.18 Å². The molecule has 0 bridgehead atoms. The number of aromatic nitrogens is 6. The molecule has 14 heteroatoms. The Morgan fingerprint density at radius 3 is 2.54 bits per heavy atom. The van der Waals surface area contributed by atoms with Crippen LogP contribution in [0.1, 0.15) is 11.3 Å². The summed E-state index contributed by atoms with van der Waals surface area (Å²) in [6.45, 7) is 7.64. The number of halogens is 5. The summed E-state index contributed by atoms with van der Waals surface area (Å²) in [6.07, 6.45) is -0.780. The van der Waals surface area contributed by atoms with Crippen molar-refractivity contribution in [2.45, 2.75) is 45.2 Å². The number of pyridine rings is 1. The zero-order valence-electron chi connectivity index (χ0n) is 20.6. The number of alkyl halides is 3. The second-order valence-corrected chi connectivity index (χ2v) is 15.6. The van der Waals surface area contributed by atoms with Crippen LogP contribution in [-0.4, -0.2) is 43.8 Å². The summed E-state index contributed by atoms with van der Waals surface area (Å²) in [5.74, 6) is -0.884. The van der Waals surface area contributed by atoms with E-state index in [1.54, 1.807) is 16.8 Å². The Morgan fingerprint density at radius 2 is 1.89 bits per heavy atom. The van der Waals surface area contributed by atoms with Crippen LogP contribution in [0.4, 0.5) is 17.6 Å². The molecule has 0 aromatic carbocycles. The van der Waals surface area contributed by atoms with E-state index in [2.05, 4.69) is 39.6 Å². The van der Waals surface area contributed by atoms with Crippen LogP contribution in [0.2, 0.25) is 31.0 Å². The van der Waals surface area contributed by atoms with Crippen LogP contribution >= 0.6 is 11.6 Å². The summed E-state index contributed by atoms with van der Waals surface area (Å²) in [4.78, 5) is 15.9. The number of hydrogen-bond donors (Lipinski definition) is 0. The fourth-order valence-corrected chi connectivity index (χ4v) is 4.38. The highest BCUT2D eigenvalue weighted by Gasteiger charge is 2.35. The number of hydrogen-bond acceptors (Lipinski definition) is 6. The molecule has 4 aromatic heterocycles. The van der Waals surface area contributed by atoms with E-state index in [1.165, 1.54) is 13.2 Å². The van der Waals surface area contributed by atoms with Gasteiger partial charge in [-0.25, -0.2) is 14.4 Å². The fourth-order valence-electron chi connectivity index (χ4n) is 3.46. The van der Waals surface area contributed by atoms with E-state index in [0.29, 0.717) is 29.9 Å². The number of fused-ring (bicyclic) bond motifs is 1. The molecule has 0 spiro atoms. The molecule has 4 rings (SSSR count). The van der Waals surface area contributed by atoms with Crippen molar-refractivity contribution < 1.29 is 27.0 Å². The minimum atomic E-state index is -4.65. The number of rotatable bonds is 9. The second-order valence-electron chi connectivity index (χ2n) is 9.69. The van der Waals surface area contributed by atoms with Crippen molar-refractivity contribution in [3.05, 3.63) is 53.1 Å². The van der Waals surface area contributed by atoms with Gasteiger partial charge in [0.2, 0.25) is 11.2 Å². The summed E-state index contributed by atoms with van der Waals surface area (Å²) in [5, 5.41) is 0.565. The first-order chi connectivity index (χ1) is 17.3. The standard InChI is InChI=1S/C23H25ClF4N6O2Si/c1-33-11-17(23(26,27)28)30-20(33)18-16(25)9-14(10-29-18)12-36-21-15-5-6-34(19(15)31-22(24)32-21)13-35-7-8-37(2,3)4/h5-6,9-11H,7-8,12-13H2,1-4H3. The van der Waals surface area contributed by atoms with Gasteiger partial charge < -0.3 is 18.6 Å². The SMILES string of the molecule is Cn1cc(C(F)(F)F)nc1-c1ncc(COc2nc(Cl)nc3c2ccn3COCC[Si](C)(C)C)cc1F. The fraction of sp³-hybridized carbons (Fsp3) is 0.391. The molecule has 4 heterocycles. The molecule has 198 valence electrons. The highest BCUT2D eigenvalue weighted by Crippen LogP contribution is 2.31. The number of imidazole rings is 1. The lowest BCUT2D eigenvalue weighted by Gasteiger charge is -2.15. The lowest BCUT2D eigenvalue weighted by atomic mass is 10.2. The first kappa shape index (κ1) is 27.0. The quantitative estimate of drug-likeness (QED) is 0.110. The normalized spacial score (nSPS) is 12.5. The van der Waals surface area contributed by atoms with Gasteiger partial charge in [-0.1, -0.05) is 19.6 Å². The van der Waals surface area contributed by atoms with Crippen molar-refractivity contribution in [2.24, 2.45) is 7.05 Å². The van der Waals surface area contributed by atoms with Crippen LogP contribution in [0.25, 0.3) is 22.6 Å². The summed E-state index contributed by atoms with van der Waals surface area (Å²) < 4.78 is 68.1. The predicted octanol–water partition coefficient (Wildman–Crippen LogP) is 5.93. The first-order valence-electron chi connectivity index (χ1n) is 11.3. The zero-order chi connectivity index (χ0) is 27.0. The molecule has 0 aliphatic rings. The van der Waals surface area contributed by atoms with Gasteiger partial charge in [-0.15, -0.1) is 0 Å². The van der Waals surface area contributed by atoms with Crippen LogP contribution in [0, 0.1) is 5.82 Å². The number of aryl methyl sites for hydroxylation is 1. The van der Waals surface area contributed by atoms with Crippen molar-refractivity contribution in [1.82, 2.24) is 29.1 Å². The first-order valence-corrected chi connectivity index (χ1v) is 15.4. The Bertz CT molecular complexity index is 1420. The topological polar surface area (TPSA) is 79.9 Å². The van der Waals surface area contributed by atoms with Crippen LogP contribution in [0.5, 0.6) is 5.88 Å². The Balaban J connectivity index is 1.48. The smallest absolute Gasteiger partial charge is 0.434 e. The third kappa shape index (κ3) is 6.46. The molecule has 0 fully saturated rings. The molecule has 0 amide bonds. The van der Waals surface area contributed by atoms with E-state index in [-0.39, 0.29) is 29.3 Å². The van der Waals surface area contributed by atoms with Gasteiger partial charge in [0.1, 0.15) is 19.0 Å². The summed E-state index contributed by atoms with van der Waals surface area (Å²) in [5.41, 5.74) is -0.571. The van der Waals surface area contributed by atoms with Crippen molar-refractivity contribution >= 4 is 30.7 Å². The number of nitrogens with zero attached hydrogens (tertiary/aromatic N) is 6. The largest absolute Gasteiger partial charge is 0.472 e. The zero-order valence-corrected chi connectivity index (χ0v) is 22.4. The van der Waals surface area contributed by atoms with Gasteiger partial charge in [0.05, 0.1) is 5.39 Å². The molecule has 0 N–H and O–H groups in total. The molecule has 8 nitrogen and oxygen atoms in total. The van der Waals surface area contributed by atoms with E-state index in [0.717, 1.165) is 22.9 Å². The minimum absolute atomic E-state index is 0.0283. The second kappa shape index (κ2) is 10.4. The Labute approximate surface area is 216 Å². The van der Waals surface area contributed by atoms with Gasteiger partial charge in [0.25, 0.3) is 0 Å². The lowest BCUT2D eigenvalue weighted by molar-refractivity contribution is -0.140. The van der Waals surface area contributed by atoms with Crippen molar-refractivity contribution in [1.29, 1.82) is 0 Å². The van der Waals surface area contributed by atoms with Crippen LogP contribution in [0.15, 0.2) is 30.7 Å². The van der Waals surface area contributed by atoms with Gasteiger partial charge in [-0.2, -0.15) is 23.1 Å². The van der Waals surface area contributed by atoms with E-state index in [4.69, 9.17) is 21.1 Å². The van der Waals surface area contributed by atoms with Gasteiger partial charge in [-0.3, -0.25) is 0 Å². The summed E-state index contributed by atoms with van der Waals surface area (Å²) in [7, 11) is 0.124. The molecular weight excluding hydrogens is 532 g/mol. The van der Waals surface area contributed by atoms with Crippen LogP contribution in [0.3, 0.4) is 0 Å². The molecule has 0 atom stereocenters. The Kier molecular flexibility index (Phi) is 7.58. The van der Waals surface area contributed by atoms with Crippen LogP contribution in [-0.2, 0) is 31.3 Å². The van der Waals surface area contributed by atoms with E-state index < -0.39 is 25.8 Å². The van der Waals surface area contributed by atoms with E-state index in [1.807, 2.05) is 0 Å². The highest BCUT2D eigenvalue weighted by molar-refractivity contribution is 6.76. The van der Waals surface area contributed by atoms with Gasteiger partial charge in [0.15, 0.2) is 23.0 Å². The molecular formula is C23H25ClF4N6O2Si. The molecule has 0 aliphatic heterocycles. The Hall–Kier alpha value is -3.03. The van der Waals surface area contributed by atoms with Crippen molar-refractivity contribution in [2.75, 3.05) is 6.61 Å². The van der Waals surface area contributed by atoms with Gasteiger partial charge in [0, 0.05) is 45.9 Å².